The fraction of sp³-hybridized carbons (Fsp3) is 0.429. The molecule has 0 atom stereocenters. The summed E-state index contributed by atoms with van der Waals surface area (Å²) in [5, 5.41) is 6.22. The molecule has 2 aromatic rings. The maximum atomic E-state index is 12.5. The predicted octanol–water partition coefficient (Wildman–Crippen LogP) is 5.23. The van der Waals surface area contributed by atoms with Crippen molar-refractivity contribution >= 4 is 17.4 Å². The molecule has 25 heavy (non-hydrogen) atoms. The summed E-state index contributed by atoms with van der Waals surface area (Å²) < 4.78 is 0. The maximum Gasteiger partial charge on any atom is 0.255 e. The van der Waals surface area contributed by atoms with Crippen LogP contribution in [0.1, 0.15) is 62.9 Å². The molecule has 2 N–H and O–H groups in total. The van der Waals surface area contributed by atoms with Gasteiger partial charge in [0.2, 0.25) is 0 Å². The van der Waals surface area contributed by atoms with Gasteiger partial charge in [0.05, 0.1) is 0 Å². The molecule has 0 aliphatic carbocycles. The van der Waals surface area contributed by atoms with Crippen LogP contribution in [0.5, 0.6) is 0 Å². The first-order chi connectivity index (χ1) is 11.9. The van der Waals surface area contributed by atoms with Gasteiger partial charge < -0.3 is 10.6 Å². The van der Waals surface area contributed by atoms with Crippen molar-refractivity contribution in [3.05, 3.63) is 53.7 Å². The first kappa shape index (κ1) is 19.0. The van der Waals surface area contributed by atoms with Crippen molar-refractivity contribution in [2.45, 2.75) is 52.4 Å². The molecule has 0 aliphatic heterocycles. The highest BCUT2D eigenvalue weighted by Gasteiger charge is 2.13. The summed E-state index contributed by atoms with van der Waals surface area (Å²) in [6.07, 6.45) is 5.15. The number of nitrogens with zero attached hydrogens (tertiary/aromatic N) is 1. The molecule has 1 aromatic carbocycles. The van der Waals surface area contributed by atoms with E-state index in [1.165, 1.54) is 18.4 Å². The van der Waals surface area contributed by atoms with Crippen molar-refractivity contribution in [1.29, 1.82) is 0 Å². The lowest BCUT2D eigenvalue weighted by Gasteiger charge is -2.19. The fourth-order valence-corrected chi connectivity index (χ4v) is 2.52. The van der Waals surface area contributed by atoms with Crippen molar-refractivity contribution in [2.24, 2.45) is 0 Å². The number of aromatic nitrogens is 1. The van der Waals surface area contributed by atoms with E-state index in [0.717, 1.165) is 24.5 Å². The van der Waals surface area contributed by atoms with Crippen LogP contribution in [-0.4, -0.2) is 17.4 Å². The zero-order valence-electron chi connectivity index (χ0n) is 15.7. The second kappa shape index (κ2) is 8.65. The van der Waals surface area contributed by atoms with Crippen LogP contribution >= 0.6 is 0 Å². The zero-order chi connectivity index (χ0) is 18.3. The highest BCUT2D eigenvalue weighted by Crippen LogP contribution is 2.23. The molecule has 0 saturated carbocycles. The molecule has 1 amide bonds. The summed E-state index contributed by atoms with van der Waals surface area (Å²) in [5.41, 5.74) is 2.75. The van der Waals surface area contributed by atoms with E-state index in [4.69, 9.17) is 0 Å². The Morgan fingerprint density at radius 2 is 1.80 bits per heavy atom. The SMILES string of the molecule is CCCCCNc1cc(C(=O)Nc2ccc(C(C)(C)C)cc2)ccn1. The van der Waals surface area contributed by atoms with E-state index in [2.05, 4.69) is 55.4 Å². The summed E-state index contributed by atoms with van der Waals surface area (Å²) in [6, 6.07) is 11.5. The molecule has 2 rings (SSSR count). The average Bonchev–Trinajstić information content (AvgIpc) is 2.59. The summed E-state index contributed by atoms with van der Waals surface area (Å²) in [7, 11) is 0. The van der Waals surface area contributed by atoms with Gasteiger partial charge in [-0.2, -0.15) is 0 Å². The van der Waals surface area contributed by atoms with Crippen molar-refractivity contribution in [2.75, 3.05) is 17.2 Å². The molecule has 4 heteroatoms. The van der Waals surface area contributed by atoms with E-state index in [1.807, 2.05) is 12.1 Å². The number of hydrogen-bond acceptors (Lipinski definition) is 3. The van der Waals surface area contributed by atoms with E-state index < -0.39 is 0 Å². The van der Waals surface area contributed by atoms with Crippen LogP contribution in [0, 0.1) is 0 Å². The number of hydrogen-bond donors (Lipinski definition) is 2. The van der Waals surface area contributed by atoms with Crippen molar-refractivity contribution in [3.8, 4) is 0 Å². The number of rotatable bonds is 7. The molecule has 1 aromatic heterocycles. The summed E-state index contributed by atoms with van der Waals surface area (Å²) in [6.45, 7) is 9.57. The summed E-state index contributed by atoms with van der Waals surface area (Å²) >= 11 is 0. The number of benzene rings is 1. The minimum absolute atomic E-state index is 0.103. The van der Waals surface area contributed by atoms with Crippen LogP contribution in [-0.2, 0) is 5.41 Å². The van der Waals surface area contributed by atoms with Crippen LogP contribution in [0.25, 0.3) is 0 Å². The molecule has 0 unspecified atom stereocenters. The van der Waals surface area contributed by atoms with E-state index in [-0.39, 0.29) is 11.3 Å². The topological polar surface area (TPSA) is 54.0 Å². The summed E-state index contributed by atoms with van der Waals surface area (Å²) in [5.74, 6) is 0.620. The Morgan fingerprint density at radius 1 is 1.08 bits per heavy atom. The molecule has 0 spiro atoms. The van der Waals surface area contributed by atoms with Crippen LogP contribution < -0.4 is 10.6 Å². The largest absolute Gasteiger partial charge is 0.370 e. The Morgan fingerprint density at radius 3 is 2.44 bits per heavy atom. The van der Waals surface area contributed by atoms with Crippen LogP contribution in [0.4, 0.5) is 11.5 Å². The number of carbonyl (C=O) groups is 1. The van der Waals surface area contributed by atoms with Gasteiger partial charge in [-0.3, -0.25) is 4.79 Å². The highest BCUT2D eigenvalue weighted by atomic mass is 16.1. The van der Waals surface area contributed by atoms with Gasteiger partial charge in [0, 0.05) is 24.0 Å². The van der Waals surface area contributed by atoms with Gasteiger partial charge in [-0.05, 0) is 41.7 Å². The number of nitrogens with one attached hydrogen (secondary N) is 2. The third-order valence-corrected chi connectivity index (χ3v) is 4.12. The number of pyridine rings is 1. The minimum atomic E-state index is -0.123. The zero-order valence-corrected chi connectivity index (χ0v) is 15.7. The molecule has 0 aliphatic rings. The van der Waals surface area contributed by atoms with E-state index in [0.29, 0.717) is 5.56 Å². The normalized spacial score (nSPS) is 11.2. The quantitative estimate of drug-likeness (QED) is 0.679. The molecule has 0 bridgehead atoms. The Bertz CT molecular complexity index is 687. The smallest absolute Gasteiger partial charge is 0.255 e. The Kier molecular flexibility index (Phi) is 6.57. The number of carbonyl (C=O) groups excluding carboxylic acids is 1. The van der Waals surface area contributed by atoms with E-state index in [1.54, 1.807) is 18.3 Å². The lowest BCUT2D eigenvalue weighted by Crippen LogP contribution is -2.14. The van der Waals surface area contributed by atoms with Crippen molar-refractivity contribution in [3.63, 3.8) is 0 Å². The van der Waals surface area contributed by atoms with Gasteiger partial charge in [-0.1, -0.05) is 52.7 Å². The monoisotopic (exact) mass is 339 g/mol. The molecule has 0 radical (unpaired) electrons. The van der Waals surface area contributed by atoms with Gasteiger partial charge in [0.25, 0.3) is 5.91 Å². The predicted molar refractivity (Wildman–Crippen MR) is 105 cm³/mol. The lowest BCUT2D eigenvalue weighted by atomic mass is 9.87. The number of anilines is 2. The first-order valence-corrected chi connectivity index (χ1v) is 9.02. The fourth-order valence-electron chi connectivity index (χ4n) is 2.52. The second-order valence-corrected chi connectivity index (χ2v) is 7.35. The highest BCUT2D eigenvalue weighted by molar-refractivity contribution is 6.04. The minimum Gasteiger partial charge on any atom is -0.370 e. The first-order valence-electron chi connectivity index (χ1n) is 9.02. The second-order valence-electron chi connectivity index (χ2n) is 7.35. The van der Waals surface area contributed by atoms with Crippen LogP contribution in [0.2, 0.25) is 0 Å². The standard InChI is InChI=1S/C21H29N3O/c1-5-6-7-13-22-19-15-16(12-14-23-19)20(25)24-18-10-8-17(9-11-18)21(2,3)4/h8-12,14-15H,5-7,13H2,1-4H3,(H,22,23)(H,24,25). The summed E-state index contributed by atoms with van der Waals surface area (Å²) in [4.78, 5) is 16.7. The molecule has 4 nitrogen and oxygen atoms in total. The van der Waals surface area contributed by atoms with Gasteiger partial charge in [0.15, 0.2) is 0 Å². The lowest BCUT2D eigenvalue weighted by molar-refractivity contribution is 0.102. The number of amides is 1. The van der Waals surface area contributed by atoms with E-state index in [9.17, 15) is 4.79 Å². The molecule has 0 saturated heterocycles. The van der Waals surface area contributed by atoms with Crippen LogP contribution in [0.3, 0.4) is 0 Å². The Labute approximate surface area is 151 Å². The van der Waals surface area contributed by atoms with Crippen molar-refractivity contribution < 1.29 is 4.79 Å². The molecular formula is C21H29N3O. The maximum absolute atomic E-state index is 12.5. The van der Waals surface area contributed by atoms with Gasteiger partial charge in [-0.15, -0.1) is 0 Å². The molecular weight excluding hydrogens is 310 g/mol. The number of unbranched alkanes of at least 4 members (excludes halogenated alkanes) is 2. The molecule has 134 valence electrons. The van der Waals surface area contributed by atoms with E-state index >= 15 is 0 Å². The van der Waals surface area contributed by atoms with Gasteiger partial charge >= 0.3 is 0 Å². The third kappa shape index (κ3) is 5.89. The molecule has 0 fully saturated rings. The van der Waals surface area contributed by atoms with Crippen LogP contribution in [0.15, 0.2) is 42.6 Å². The Balaban J connectivity index is 1.98. The Hall–Kier alpha value is -2.36. The third-order valence-electron chi connectivity index (χ3n) is 4.12. The average molecular weight is 339 g/mol. The molecule has 1 heterocycles. The van der Waals surface area contributed by atoms with Gasteiger partial charge in [-0.25, -0.2) is 4.98 Å². The van der Waals surface area contributed by atoms with Gasteiger partial charge in [0.1, 0.15) is 5.82 Å². The van der Waals surface area contributed by atoms with Crippen molar-refractivity contribution in [1.82, 2.24) is 4.98 Å².